The van der Waals surface area contributed by atoms with Crippen molar-refractivity contribution in [2.45, 2.75) is 19.4 Å². The molecule has 18 heavy (non-hydrogen) atoms. The van der Waals surface area contributed by atoms with E-state index in [-0.39, 0.29) is 6.04 Å². The molecule has 0 spiro atoms. The SMILES string of the molecule is CCN(C)CC(N)c1ccc2c(c1)OCCCO2. The van der Waals surface area contributed by atoms with E-state index in [0.29, 0.717) is 6.61 Å². The fourth-order valence-electron chi connectivity index (χ4n) is 1.98. The van der Waals surface area contributed by atoms with E-state index in [4.69, 9.17) is 15.2 Å². The molecule has 0 fully saturated rings. The molecule has 100 valence electrons. The fraction of sp³-hybridized carbons (Fsp3) is 0.571. The standard InChI is InChI=1S/C14H22N2O2/c1-3-16(2)10-12(15)11-5-6-13-14(9-11)18-8-4-7-17-13/h5-6,9,12H,3-4,7-8,10,15H2,1-2H3. The first-order valence-electron chi connectivity index (χ1n) is 6.54. The summed E-state index contributed by atoms with van der Waals surface area (Å²) in [5, 5.41) is 0. The maximum atomic E-state index is 6.21. The van der Waals surface area contributed by atoms with Gasteiger partial charge < -0.3 is 20.1 Å². The predicted molar refractivity (Wildman–Crippen MR) is 72.1 cm³/mol. The van der Waals surface area contributed by atoms with E-state index in [1.165, 1.54) is 0 Å². The van der Waals surface area contributed by atoms with Crippen LogP contribution < -0.4 is 15.2 Å². The number of hydrogen-bond donors (Lipinski definition) is 1. The molecule has 1 aliphatic rings. The molecule has 0 aliphatic carbocycles. The van der Waals surface area contributed by atoms with Gasteiger partial charge >= 0.3 is 0 Å². The zero-order valence-electron chi connectivity index (χ0n) is 11.2. The monoisotopic (exact) mass is 250 g/mol. The van der Waals surface area contributed by atoms with E-state index < -0.39 is 0 Å². The number of nitrogens with zero attached hydrogens (tertiary/aromatic N) is 1. The fourth-order valence-corrected chi connectivity index (χ4v) is 1.98. The number of likely N-dealkylation sites (N-methyl/N-ethyl adjacent to an activating group) is 1. The second kappa shape index (κ2) is 6.07. The van der Waals surface area contributed by atoms with Gasteiger partial charge in [0.25, 0.3) is 0 Å². The third-order valence-corrected chi connectivity index (χ3v) is 3.25. The summed E-state index contributed by atoms with van der Waals surface area (Å²) in [7, 11) is 2.07. The maximum absolute atomic E-state index is 6.21. The summed E-state index contributed by atoms with van der Waals surface area (Å²) in [6.45, 7) is 5.40. The van der Waals surface area contributed by atoms with Crippen LogP contribution >= 0.6 is 0 Å². The Morgan fingerprint density at radius 3 is 2.72 bits per heavy atom. The first-order valence-corrected chi connectivity index (χ1v) is 6.54. The van der Waals surface area contributed by atoms with E-state index >= 15 is 0 Å². The normalized spacial score (nSPS) is 16.4. The molecule has 1 atom stereocenters. The van der Waals surface area contributed by atoms with Crippen molar-refractivity contribution in [2.75, 3.05) is 33.4 Å². The van der Waals surface area contributed by atoms with Gasteiger partial charge in [0.05, 0.1) is 13.2 Å². The van der Waals surface area contributed by atoms with Gasteiger partial charge in [0.2, 0.25) is 0 Å². The Kier molecular flexibility index (Phi) is 4.44. The lowest BCUT2D eigenvalue weighted by atomic mass is 10.1. The van der Waals surface area contributed by atoms with Crippen molar-refractivity contribution in [3.8, 4) is 11.5 Å². The third-order valence-electron chi connectivity index (χ3n) is 3.25. The quantitative estimate of drug-likeness (QED) is 0.885. The Morgan fingerprint density at radius 2 is 2.00 bits per heavy atom. The lowest BCUT2D eigenvalue weighted by Crippen LogP contribution is -2.28. The van der Waals surface area contributed by atoms with Gasteiger partial charge in [0.1, 0.15) is 0 Å². The predicted octanol–water partition coefficient (Wildman–Crippen LogP) is 1.80. The van der Waals surface area contributed by atoms with Crippen LogP contribution in [0.3, 0.4) is 0 Å². The molecule has 1 unspecified atom stereocenters. The van der Waals surface area contributed by atoms with Gasteiger partial charge in [0, 0.05) is 19.0 Å². The van der Waals surface area contributed by atoms with Gasteiger partial charge in [-0.3, -0.25) is 0 Å². The smallest absolute Gasteiger partial charge is 0.161 e. The summed E-state index contributed by atoms with van der Waals surface area (Å²) >= 11 is 0. The zero-order valence-corrected chi connectivity index (χ0v) is 11.2. The minimum absolute atomic E-state index is 0.00658. The van der Waals surface area contributed by atoms with Crippen LogP contribution in [-0.4, -0.2) is 38.3 Å². The van der Waals surface area contributed by atoms with Crippen molar-refractivity contribution in [3.05, 3.63) is 23.8 Å². The van der Waals surface area contributed by atoms with Crippen molar-refractivity contribution < 1.29 is 9.47 Å². The van der Waals surface area contributed by atoms with Crippen LogP contribution in [-0.2, 0) is 0 Å². The van der Waals surface area contributed by atoms with Crippen LogP contribution in [0.15, 0.2) is 18.2 Å². The number of rotatable bonds is 4. The molecule has 4 nitrogen and oxygen atoms in total. The lowest BCUT2D eigenvalue weighted by Gasteiger charge is -2.20. The summed E-state index contributed by atoms with van der Waals surface area (Å²) in [5.41, 5.74) is 7.30. The average molecular weight is 250 g/mol. The van der Waals surface area contributed by atoms with Crippen molar-refractivity contribution >= 4 is 0 Å². The Hall–Kier alpha value is -1.26. The van der Waals surface area contributed by atoms with Crippen molar-refractivity contribution in [1.29, 1.82) is 0 Å². The molecule has 0 saturated carbocycles. The van der Waals surface area contributed by atoms with Gasteiger partial charge in [-0.05, 0) is 31.3 Å². The van der Waals surface area contributed by atoms with Crippen LogP contribution in [0.4, 0.5) is 0 Å². The molecule has 0 radical (unpaired) electrons. The average Bonchev–Trinajstić information content (AvgIpc) is 2.62. The van der Waals surface area contributed by atoms with Crippen LogP contribution in [0, 0.1) is 0 Å². The van der Waals surface area contributed by atoms with E-state index in [1.54, 1.807) is 0 Å². The summed E-state index contributed by atoms with van der Waals surface area (Å²) in [4.78, 5) is 2.20. The minimum Gasteiger partial charge on any atom is -0.490 e. The summed E-state index contributed by atoms with van der Waals surface area (Å²) in [6, 6.07) is 6.00. The second-order valence-corrected chi connectivity index (χ2v) is 4.72. The van der Waals surface area contributed by atoms with Crippen molar-refractivity contribution in [3.63, 3.8) is 0 Å². The molecule has 0 bridgehead atoms. The van der Waals surface area contributed by atoms with E-state index in [2.05, 4.69) is 18.9 Å². The number of fused-ring (bicyclic) bond motifs is 1. The molecule has 0 aromatic heterocycles. The Bertz CT molecular complexity index is 395. The van der Waals surface area contributed by atoms with Gasteiger partial charge in [-0.25, -0.2) is 0 Å². The zero-order chi connectivity index (χ0) is 13.0. The van der Waals surface area contributed by atoms with Gasteiger partial charge in [-0.1, -0.05) is 13.0 Å². The topological polar surface area (TPSA) is 47.7 Å². The molecule has 1 aliphatic heterocycles. The third kappa shape index (κ3) is 3.15. The van der Waals surface area contributed by atoms with Crippen molar-refractivity contribution in [1.82, 2.24) is 4.90 Å². The Morgan fingerprint density at radius 1 is 1.28 bits per heavy atom. The highest BCUT2D eigenvalue weighted by molar-refractivity contribution is 5.44. The maximum Gasteiger partial charge on any atom is 0.161 e. The van der Waals surface area contributed by atoms with Crippen LogP contribution in [0.25, 0.3) is 0 Å². The summed E-state index contributed by atoms with van der Waals surface area (Å²) in [5.74, 6) is 1.65. The first-order chi connectivity index (χ1) is 8.70. The summed E-state index contributed by atoms with van der Waals surface area (Å²) < 4.78 is 11.3. The molecule has 2 N–H and O–H groups in total. The molecule has 4 heteroatoms. The van der Waals surface area contributed by atoms with Crippen LogP contribution in [0.1, 0.15) is 24.9 Å². The highest BCUT2D eigenvalue weighted by atomic mass is 16.5. The molecule has 0 amide bonds. The van der Waals surface area contributed by atoms with Gasteiger partial charge in [0.15, 0.2) is 11.5 Å². The van der Waals surface area contributed by atoms with Crippen LogP contribution in [0.2, 0.25) is 0 Å². The Labute approximate surface area is 109 Å². The number of hydrogen-bond acceptors (Lipinski definition) is 4. The summed E-state index contributed by atoms with van der Waals surface area (Å²) in [6.07, 6.45) is 0.925. The second-order valence-electron chi connectivity index (χ2n) is 4.72. The Balaban J connectivity index is 2.12. The molecule has 1 aromatic rings. The van der Waals surface area contributed by atoms with Crippen LogP contribution in [0.5, 0.6) is 11.5 Å². The highest BCUT2D eigenvalue weighted by Gasteiger charge is 2.14. The minimum atomic E-state index is 0.00658. The van der Waals surface area contributed by atoms with Crippen molar-refractivity contribution in [2.24, 2.45) is 5.73 Å². The van der Waals surface area contributed by atoms with Gasteiger partial charge in [-0.2, -0.15) is 0 Å². The number of ether oxygens (including phenoxy) is 2. The molecular weight excluding hydrogens is 228 g/mol. The largest absolute Gasteiger partial charge is 0.490 e. The molecule has 0 saturated heterocycles. The lowest BCUT2D eigenvalue weighted by molar-refractivity contribution is 0.296. The molecule has 1 heterocycles. The molecule has 1 aromatic carbocycles. The molecular formula is C14H22N2O2. The van der Waals surface area contributed by atoms with E-state index in [9.17, 15) is 0 Å². The first kappa shape index (κ1) is 13.2. The number of benzene rings is 1. The molecule has 2 rings (SSSR count). The van der Waals surface area contributed by atoms with E-state index in [0.717, 1.165) is 43.2 Å². The highest BCUT2D eigenvalue weighted by Crippen LogP contribution is 2.31. The number of nitrogens with two attached hydrogens (primary N) is 1. The van der Waals surface area contributed by atoms with E-state index in [1.807, 2.05) is 18.2 Å². The van der Waals surface area contributed by atoms with Gasteiger partial charge in [-0.15, -0.1) is 0 Å².